The van der Waals surface area contributed by atoms with Crippen LogP contribution in [0.15, 0.2) is 22.0 Å². The summed E-state index contributed by atoms with van der Waals surface area (Å²) in [6, 6.07) is 3.40. The second-order valence-corrected chi connectivity index (χ2v) is 5.01. The third kappa shape index (κ3) is 3.40. The van der Waals surface area contributed by atoms with Crippen molar-refractivity contribution in [1.82, 2.24) is 19.9 Å². The Labute approximate surface area is 109 Å². The highest BCUT2D eigenvalue weighted by atomic mass is 32.2. The molecule has 0 unspecified atom stereocenters. The highest BCUT2D eigenvalue weighted by Gasteiger charge is 2.03. The fourth-order valence-electron chi connectivity index (χ4n) is 1.61. The van der Waals surface area contributed by atoms with Gasteiger partial charge in [-0.1, -0.05) is 11.8 Å². The Morgan fingerprint density at radius 3 is 2.50 bits per heavy atom. The zero-order valence-electron chi connectivity index (χ0n) is 10.5. The largest absolute Gasteiger partial charge is 0.310 e. The fraction of sp³-hybridized carbons (Fsp3) is 0.333. The van der Waals surface area contributed by atoms with Crippen LogP contribution < -0.4 is 5.56 Å². The first-order valence-corrected chi connectivity index (χ1v) is 6.53. The standard InChI is InChI=1S/C12H14N4OS/c1-7-4-11(17)16-10(14-7)6-18-12-5-8(2)13-9(3)15-12/h4-5H,6H2,1-3H3,(H,14,16,17). The van der Waals surface area contributed by atoms with Gasteiger partial charge >= 0.3 is 0 Å². The van der Waals surface area contributed by atoms with Crippen LogP contribution in [0.25, 0.3) is 0 Å². The van der Waals surface area contributed by atoms with Crippen LogP contribution >= 0.6 is 11.8 Å². The van der Waals surface area contributed by atoms with E-state index in [2.05, 4.69) is 19.9 Å². The number of aromatic nitrogens is 4. The predicted molar refractivity (Wildman–Crippen MR) is 70.7 cm³/mol. The normalized spacial score (nSPS) is 10.6. The molecular formula is C12H14N4OS. The first-order valence-electron chi connectivity index (χ1n) is 5.55. The monoisotopic (exact) mass is 262 g/mol. The van der Waals surface area contributed by atoms with Crippen molar-refractivity contribution in [1.29, 1.82) is 0 Å². The number of hydrogen-bond donors (Lipinski definition) is 1. The Balaban J connectivity index is 2.13. The molecule has 0 aliphatic heterocycles. The average molecular weight is 262 g/mol. The van der Waals surface area contributed by atoms with Gasteiger partial charge in [0.05, 0.1) is 5.75 Å². The molecule has 2 rings (SSSR count). The van der Waals surface area contributed by atoms with Gasteiger partial charge in [0.15, 0.2) is 0 Å². The molecule has 0 saturated heterocycles. The summed E-state index contributed by atoms with van der Waals surface area (Å²) in [4.78, 5) is 26.8. The molecule has 0 spiro atoms. The van der Waals surface area contributed by atoms with E-state index < -0.39 is 0 Å². The van der Waals surface area contributed by atoms with Crippen molar-refractivity contribution in [3.63, 3.8) is 0 Å². The zero-order chi connectivity index (χ0) is 13.1. The van der Waals surface area contributed by atoms with Crippen molar-refractivity contribution in [3.05, 3.63) is 45.5 Å². The molecule has 0 aliphatic rings. The minimum Gasteiger partial charge on any atom is -0.310 e. The van der Waals surface area contributed by atoms with E-state index in [0.717, 1.165) is 22.2 Å². The third-order valence-electron chi connectivity index (χ3n) is 2.22. The maximum absolute atomic E-state index is 11.3. The molecule has 0 aliphatic carbocycles. The van der Waals surface area contributed by atoms with Crippen molar-refractivity contribution in [2.45, 2.75) is 31.6 Å². The maximum Gasteiger partial charge on any atom is 0.251 e. The summed E-state index contributed by atoms with van der Waals surface area (Å²) in [5, 5.41) is 0.893. The third-order valence-corrected chi connectivity index (χ3v) is 3.14. The second kappa shape index (κ2) is 5.30. The van der Waals surface area contributed by atoms with Crippen LogP contribution in [0, 0.1) is 20.8 Å². The molecule has 2 heterocycles. The maximum atomic E-state index is 11.3. The average Bonchev–Trinajstić information content (AvgIpc) is 2.23. The Kier molecular flexibility index (Phi) is 3.76. The second-order valence-electron chi connectivity index (χ2n) is 4.02. The van der Waals surface area contributed by atoms with Crippen molar-refractivity contribution in [3.8, 4) is 0 Å². The quantitative estimate of drug-likeness (QED) is 0.674. The highest BCUT2D eigenvalue weighted by Crippen LogP contribution is 2.19. The predicted octanol–water partition coefficient (Wildman–Crippen LogP) is 1.78. The van der Waals surface area contributed by atoms with Crippen LogP contribution in [0.5, 0.6) is 0 Å². The number of nitrogens with zero attached hydrogens (tertiary/aromatic N) is 3. The Morgan fingerprint density at radius 1 is 1.11 bits per heavy atom. The zero-order valence-corrected chi connectivity index (χ0v) is 11.3. The summed E-state index contributed by atoms with van der Waals surface area (Å²) < 4.78 is 0. The molecule has 1 N–H and O–H groups in total. The summed E-state index contributed by atoms with van der Waals surface area (Å²) in [6.07, 6.45) is 0. The molecule has 0 saturated carbocycles. The summed E-state index contributed by atoms with van der Waals surface area (Å²) in [7, 11) is 0. The SMILES string of the molecule is Cc1cc(SCc2nc(C)cc(=O)[nH]2)nc(C)n1. The summed E-state index contributed by atoms with van der Waals surface area (Å²) in [5.41, 5.74) is 1.55. The number of thioether (sulfide) groups is 1. The minimum atomic E-state index is -0.117. The van der Waals surface area contributed by atoms with Gasteiger partial charge in [0.25, 0.3) is 5.56 Å². The van der Waals surface area contributed by atoms with Crippen LogP contribution in [0.3, 0.4) is 0 Å². The molecule has 18 heavy (non-hydrogen) atoms. The number of H-pyrrole nitrogens is 1. The molecule has 0 radical (unpaired) electrons. The molecule has 6 heteroatoms. The van der Waals surface area contributed by atoms with Crippen LogP contribution in [-0.2, 0) is 5.75 Å². The lowest BCUT2D eigenvalue weighted by Crippen LogP contribution is -2.10. The Bertz CT molecular complexity index is 603. The number of rotatable bonds is 3. The first kappa shape index (κ1) is 12.8. The van der Waals surface area contributed by atoms with Gasteiger partial charge in [0.2, 0.25) is 0 Å². The molecule has 0 fully saturated rings. The van der Waals surface area contributed by atoms with E-state index in [1.807, 2.05) is 26.8 Å². The van der Waals surface area contributed by atoms with Gasteiger partial charge in [-0.15, -0.1) is 0 Å². The highest BCUT2D eigenvalue weighted by molar-refractivity contribution is 7.98. The van der Waals surface area contributed by atoms with Gasteiger partial charge in [0.1, 0.15) is 16.7 Å². The van der Waals surface area contributed by atoms with E-state index in [4.69, 9.17) is 0 Å². The van der Waals surface area contributed by atoms with Crippen LogP contribution in [-0.4, -0.2) is 19.9 Å². The van der Waals surface area contributed by atoms with Crippen LogP contribution in [0.2, 0.25) is 0 Å². The van der Waals surface area contributed by atoms with Crippen LogP contribution in [0.1, 0.15) is 23.0 Å². The number of hydrogen-bond acceptors (Lipinski definition) is 5. The summed E-state index contributed by atoms with van der Waals surface area (Å²) >= 11 is 1.54. The van der Waals surface area contributed by atoms with Crippen LogP contribution in [0.4, 0.5) is 0 Å². The van der Waals surface area contributed by atoms with E-state index >= 15 is 0 Å². The molecule has 94 valence electrons. The molecule has 0 aromatic carbocycles. The van der Waals surface area contributed by atoms with Gasteiger partial charge in [-0.2, -0.15) is 0 Å². The van der Waals surface area contributed by atoms with Crippen molar-refractivity contribution >= 4 is 11.8 Å². The first-order chi connectivity index (χ1) is 8.52. The van der Waals surface area contributed by atoms with E-state index in [0.29, 0.717) is 11.6 Å². The van der Waals surface area contributed by atoms with Crippen molar-refractivity contribution < 1.29 is 0 Å². The summed E-state index contributed by atoms with van der Waals surface area (Å²) in [6.45, 7) is 5.61. The van der Waals surface area contributed by atoms with Gasteiger partial charge < -0.3 is 4.98 Å². The summed E-state index contributed by atoms with van der Waals surface area (Å²) in [5.74, 6) is 2.01. The number of nitrogens with one attached hydrogen (secondary N) is 1. The molecule has 2 aromatic heterocycles. The topological polar surface area (TPSA) is 71.5 Å². The number of aromatic amines is 1. The molecule has 0 amide bonds. The van der Waals surface area contributed by atoms with Gasteiger partial charge in [0, 0.05) is 17.5 Å². The minimum absolute atomic E-state index is 0.117. The fourth-order valence-corrected chi connectivity index (χ4v) is 2.48. The molecule has 5 nitrogen and oxygen atoms in total. The van der Waals surface area contributed by atoms with Gasteiger partial charge in [-0.05, 0) is 26.8 Å². The van der Waals surface area contributed by atoms with E-state index in [1.165, 1.54) is 17.8 Å². The lowest BCUT2D eigenvalue weighted by Gasteiger charge is -2.03. The Morgan fingerprint density at radius 2 is 1.83 bits per heavy atom. The lowest BCUT2D eigenvalue weighted by molar-refractivity contribution is 0.929. The Hall–Kier alpha value is -1.69. The molecule has 2 aromatic rings. The van der Waals surface area contributed by atoms with Crippen molar-refractivity contribution in [2.75, 3.05) is 0 Å². The molecule has 0 bridgehead atoms. The smallest absolute Gasteiger partial charge is 0.251 e. The van der Waals surface area contributed by atoms with Gasteiger partial charge in [-0.25, -0.2) is 15.0 Å². The van der Waals surface area contributed by atoms with E-state index in [9.17, 15) is 4.79 Å². The van der Waals surface area contributed by atoms with Crippen molar-refractivity contribution in [2.24, 2.45) is 0 Å². The number of aryl methyl sites for hydroxylation is 3. The lowest BCUT2D eigenvalue weighted by atomic mass is 10.4. The van der Waals surface area contributed by atoms with E-state index in [-0.39, 0.29) is 5.56 Å². The molecular weight excluding hydrogens is 248 g/mol. The van der Waals surface area contributed by atoms with Gasteiger partial charge in [-0.3, -0.25) is 4.79 Å². The van der Waals surface area contributed by atoms with E-state index in [1.54, 1.807) is 0 Å². The molecule has 0 atom stereocenters.